The largest absolute Gasteiger partial charge is 0.384 e. The average Bonchev–Trinajstić information content (AvgIpc) is 3.69. The van der Waals surface area contributed by atoms with Crippen LogP contribution in [0, 0.1) is 18.7 Å². The molecule has 1 aromatic carbocycles. The molecule has 230 valence electrons. The molecule has 7 rings (SSSR count). The molecule has 0 radical (unpaired) electrons. The van der Waals surface area contributed by atoms with Crippen LogP contribution in [0.4, 0.5) is 4.39 Å². The first-order valence-corrected chi connectivity index (χ1v) is 15.1. The highest BCUT2D eigenvalue weighted by Crippen LogP contribution is 2.43. The zero-order valence-corrected chi connectivity index (χ0v) is 25.6. The summed E-state index contributed by atoms with van der Waals surface area (Å²) in [7, 11) is 1.82. The van der Waals surface area contributed by atoms with E-state index in [1.54, 1.807) is 65.8 Å². The number of aromatic nitrogens is 7. The summed E-state index contributed by atoms with van der Waals surface area (Å²) in [5.74, 6) is -0.738. The molecular formula is C34H34FN7O3. The van der Waals surface area contributed by atoms with E-state index in [4.69, 9.17) is 9.72 Å². The van der Waals surface area contributed by atoms with Gasteiger partial charge in [0.2, 0.25) is 0 Å². The molecule has 1 fully saturated rings. The molecule has 6 heterocycles. The number of nitrogens with zero attached hydrogens (tertiary/aromatic N) is 7. The van der Waals surface area contributed by atoms with Crippen LogP contribution in [-0.2, 0) is 17.4 Å². The number of hydrogen-bond donors (Lipinski definition) is 1. The molecule has 45 heavy (non-hydrogen) atoms. The maximum atomic E-state index is 15.8. The number of hydrogen-bond acceptors (Lipinski definition) is 7. The van der Waals surface area contributed by atoms with Crippen molar-refractivity contribution in [3.8, 4) is 11.3 Å². The van der Waals surface area contributed by atoms with E-state index in [9.17, 15) is 9.90 Å². The van der Waals surface area contributed by atoms with E-state index in [-0.39, 0.29) is 11.8 Å². The van der Waals surface area contributed by atoms with Gasteiger partial charge < -0.3 is 14.4 Å². The summed E-state index contributed by atoms with van der Waals surface area (Å²) in [6, 6.07) is 15.3. The van der Waals surface area contributed by atoms with E-state index in [0.717, 1.165) is 17.0 Å². The number of fused-ring (bicyclic) bond motifs is 3. The number of rotatable bonds is 6. The van der Waals surface area contributed by atoms with Gasteiger partial charge in [-0.25, -0.2) is 9.07 Å². The fourth-order valence-corrected chi connectivity index (χ4v) is 6.72. The second-order valence-electron chi connectivity index (χ2n) is 12.2. The highest BCUT2D eigenvalue weighted by molar-refractivity contribution is 6.12. The average molecular weight is 608 g/mol. The zero-order chi connectivity index (χ0) is 31.5. The zero-order valence-electron chi connectivity index (χ0n) is 25.6. The Bertz CT molecular complexity index is 2030. The molecule has 10 nitrogen and oxygen atoms in total. The number of aliphatic hydroxyl groups is 1. The number of pyridine rings is 2. The summed E-state index contributed by atoms with van der Waals surface area (Å²) in [4.78, 5) is 23.8. The van der Waals surface area contributed by atoms with Gasteiger partial charge in [0.25, 0.3) is 5.91 Å². The lowest BCUT2D eigenvalue weighted by Gasteiger charge is -2.32. The predicted molar refractivity (Wildman–Crippen MR) is 167 cm³/mol. The summed E-state index contributed by atoms with van der Waals surface area (Å²) in [5, 5.41) is 19.8. The monoisotopic (exact) mass is 607 g/mol. The Morgan fingerprint density at radius 3 is 2.49 bits per heavy atom. The van der Waals surface area contributed by atoms with Crippen molar-refractivity contribution in [1.82, 2.24) is 34.1 Å². The van der Waals surface area contributed by atoms with E-state index in [2.05, 4.69) is 19.9 Å². The van der Waals surface area contributed by atoms with Crippen molar-refractivity contribution in [3.63, 3.8) is 0 Å². The number of ether oxygens (including phenoxy) is 1. The maximum Gasteiger partial charge on any atom is 0.262 e. The maximum absolute atomic E-state index is 15.8. The third-order valence-corrected chi connectivity index (χ3v) is 8.77. The van der Waals surface area contributed by atoms with Gasteiger partial charge >= 0.3 is 0 Å². The number of aryl methyl sites for hydroxylation is 2. The first kappa shape index (κ1) is 29.0. The molecular weight excluding hydrogens is 573 g/mol. The molecule has 5 aromatic heterocycles. The van der Waals surface area contributed by atoms with Crippen LogP contribution in [0.25, 0.3) is 33.3 Å². The molecule has 0 saturated carbocycles. The van der Waals surface area contributed by atoms with Crippen molar-refractivity contribution in [2.24, 2.45) is 13.0 Å². The number of carbonyl (C=O) groups is 1. The van der Waals surface area contributed by atoms with Crippen molar-refractivity contribution in [1.29, 1.82) is 0 Å². The Balaban J connectivity index is 1.62. The van der Waals surface area contributed by atoms with Crippen LogP contribution in [-0.4, -0.2) is 58.3 Å². The van der Waals surface area contributed by atoms with Crippen molar-refractivity contribution in [2.45, 2.75) is 45.3 Å². The Kier molecular flexibility index (Phi) is 7.09. The lowest BCUT2D eigenvalue weighted by Crippen LogP contribution is -2.28. The van der Waals surface area contributed by atoms with Crippen LogP contribution >= 0.6 is 0 Å². The first-order chi connectivity index (χ1) is 21.6. The quantitative estimate of drug-likeness (QED) is 0.264. The van der Waals surface area contributed by atoms with Gasteiger partial charge in [-0.05, 0) is 75.9 Å². The molecule has 0 aliphatic carbocycles. The van der Waals surface area contributed by atoms with Crippen LogP contribution in [0.2, 0.25) is 0 Å². The summed E-state index contributed by atoms with van der Waals surface area (Å²) >= 11 is 0. The standard InChI is InChI=1S/C34H34FN7O3/c1-20-30(40(4)39-38-20)23-17-25-29(37-19-23)32-26(18-27(34(2,3)44)42(32)33(43)22-9-6-5-7-10-22)41(25)31(21-12-15-45-16-13-21)28-24(35)11-8-14-36-28/h5-11,14,17-19,21,31,44H,12-13,15-16H2,1-4H3. The second-order valence-corrected chi connectivity index (χ2v) is 12.2. The molecule has 1 N–H and O–H groups in total. The van der Waals surface area contributed by atoms with Crippen molar-refractivity contribution < 1.29 is 19.0 Å². The van der Waals surface area contributed by atoms with Crippen LogP contribution in [0.3, 0.4) is 0 Å². The van der Waals surface area contributed by atoms with Crippen LogP contribution in [0.5, 0.6) is 0 Å². The Labute approximate surface area is 259 Å². The molecule has 1 aliphatic heterocycles. The van der Waals surface area contributed by atoms with Crippen LogP contribution in [0.1, 0.15) is 60.2 Å². The predicted octanol–water partition coefficient (Wildman–Crippen LogP) is 5.56. The first-order valence-electron chi connectivity index (χ1n) is 15.1. The van der Waals surface area contributed by atoms with Crippen molar-refractivity contribution >= 4 is 28.0 Å². The van der Waals surface area contributed by atoms with Gasteiger partial charge in [0.1, 0.15) is 16.9 Å². The van der Waals surface area contributed by atoms with Gasteiger partial charge in [-0.2, -0.15) is 0 Å². The minimum Gasteiger partial charge on any atom is -0.384 e. The highest BCUT2D eigenvalue weighted by atomic mass is 19.1. The molecule has 1 atom stereocenters. The van der Waals surface area contributed by atoms with Crippen molar-refractivity contribution in [2.75, 3.05) is 13.2 Å². The van der Waals surface area contributed by atoms with E-state index in [1.807, 2.05) is 32.2 Å². The van der Waals surface area contributed by atoms with E-state index >= 15 is 4.39 Å². The molecule has 1 saturated heterocycles. The Hall–Kier alpha value is -4.74. The molecule has 1 aliphatic rings. The molecule has 6 aromatic rings. The Morgan fingerprint density at radius 2 is 1.82 bits per heavy atom. The van der Waals surface area contributed by atoms with Gasteiger partial charge in [-0.3, -0.25) is 19.3 Å². The minimum atomic E-state index is -1.39. The SMILES string of the molecule is Cc1nnn(C)c1-c1cnc2c3c(cc(C(C)(C)O)n3C(=O)c3ccccc3)n(C(c3ncccc3F)C3CCOCC3)c2c1. The summed E-state index contributed by atoms with van der Waals surface area (Å²) < 4.78 is 26.8. The number of benzene rings is 1. The lowest BCUT2D eigenvalue weighted by molar-refractivity contribution is 0.0542. The van der Waals surface area contributed by atoms with Gasteiger partial charge in [0.15, 0.2) is 0 Å². The molecule has 0 bridgehead atoms. The van der Waals surface area contributed by atoms with Crippen molar-refractivity contribution in [3.05, 3.63) is 95.5 Å². The second kappa shape index (κ2) is 11.0. The number of halogens is 1. The molecule has 1 unspecified atom stereocenters. The third-order valence-electron chi connectivity index (χ3n) is 8.77. The normalized spacial score (nSPS) is 15.2. The summed E-state index contributed by atoms with van der Waals surface area (Å²) in [6.07, 6.45) is 4.74. The van der Waals surface area contributed by atoms with E-state index in [1.165, 1.54) is 6.07 Å². The van der Waals surface area contributed by atoms with E-state index < -0.39 is 17.5 Å². The highest BCUT2D eigenvalue weighted by Gasteiger charge is 2.36. The number of carbonyl (C=O) groups excluding carboxylic acids is 1. The van der Waals surface area contributed by atoms with Gasteiger partial charge in [-0.1, -0.05) is 23.4 Å². The molecule has 0 amide bonds. The minimum absolute atomic E-state index is 0.0236. The molecule has 0 spiro atoms. The molecule has 11 heteroatoms. The van der Waals surface area contributed by atoms with Gasteiger partial charge in [0, 0.05) is 43.8 Å². The Morgan fingerprint density at radius 1 is 1.07 bits per heavy atom. The lowest BCUT2D eigenvalue weighted by atomic mass is 9.88. The fourth-order valence-electron chi connectivity index (χ4n) is 6.72. The fraction of sp³-hybridized carbons (Fsp3) is 0.324. The van der Waals surface area contributed by atoms with Crippen LogP contribution < -0.4 is 0 Å². The smallest absolute Gasteiger partial charge is 0.262 e. The topological polar surface area (TPSA) is 113 Å². The van der Waals surface area contributed by atoms with Gasteiger partial charge in [0.05, 0.1) is 45.5 Å². The third kappa shape index (κ3) is 4.83. The summed E-state index contributed by atoms with van der Waals surface area (Å²) in [5.41, 5.74) is 4.55. The van der Waals surface area contributed by atoms with E-state index in [0.29, 0.717) is 65.1 Å². The van der Waals surface area contributed by atoms with Gasteiger partial charge in [-0.15, -0.1) is 5.10 Å². The summed E-state index contributed by atoms with van der Waals surface area (Å²) in [6.45, 7) is 6.28. The van der Waals surface area contributed by atoms with Crippen LogP contribution in [0.15, 0.2) is 67.0 Å².